The lowest BCUT2D eigenvalue weighted by Gasteiger charge is -2.22. The largest absolute Gasteiger partial charge is 0.311 e. The van der Waals surface area contributed by atoms with Crippen LogP contribution in [-0.2, 0) is 11.3 Å². The van der Waals surface area contributed by atoms with E-state index < -0.39 is 0 Å². The summed E-state index contributed by atoms with van der Waals surface area (Å²) in [6.45, 7) is 2.40. The highest BCUT2D eigenvalue weighted by molar-refractivity contribution is 7.98. The van der Waals surface area contributed by atoms with Gasteiger partial charge in [0.15, 0.2) is 5.16 Å². The van der Waals surface area contributed by atoms with Crippen molar-refractivity contribution in [1.82, 2.24) is 9.55 Å². The minimum Gasteiger partial charge on any atom is -0.311 e. The van der Waals surface area contributed by atoms with E-state index in [1.807, 2.05) is 73.8 Å². The van der Waals surface area contributed by atoms with Gasteiger partial charge in [-0.15, -0.1) is 0 Å². The molecular weight excluding hydrogens is 358 g/mol. The zero-order valence-corrected chi connectivity index (χ0v) is 16.1. The maximum Gasteiger partial charge on any atom is 0.255 e. The average Bonchev–Trinajstić information content (AvgIpc) is 2.71. The SMILES string of the molecule is CCN(C(=O)Cn1c(SC)nc(-c2ccccc2)cc1=O)c1ccccc1. The molecule has 0 N–H and O–H groups in total. The third-order valence-electron chi connectivity index (χ3n) is 4.20. The monoisotopic (exact) mass is 379 g/mol. The van der Waals surface area contributed by atoms with Crippen LogP contribution in [0, 0.1) is 0 Å². The molecule has 0 unspecified atom stereocenters. The summed E-state index contributed by atoms with van der Waals surface area (Å²) < 4.78 is 1.44. The second-order valence-electron chi connectivity index (χ2n) is 5.89. The van der Waals surface area contributed by atoms with Gasteiger partial charge in [0.05, 0.1) is 5.69 Å². The van der Waals surface area contributed by atoms with E-state index in [9.17, 15) is 9.59 Å². The summed E-state index contributed by atoms with van der Waals surface area (Å²) in [5.74, 6) is -0.143. The smallest absolute Gasteiger partial charge is 0.255 e. The van der Waals surface area contributed by atoms with E-state index >= 15 is 0 Å². The Kier molecular flexibility index (Phi) is 6.08. The Morgan fingerprint density at radius 2 is 1.70 bits per heavy atom. The molecular formula is C21H21N3O2S. The fourth-order valence-electron chi connectivity index (χ4n) is 2.87. The van der Waals surface area contributed by atoms with E-state index in [0.29, 0.717) is 17.4 Å². The maximum atomic E-state index is 12.8. The predicted octanol–water partition coefficient (Wildman–Crippen LogP) is 3.69. The van der Waals surface area contributed by atoms with Gasteiger partial charge < -0.3 is 4.90 Å². The number of thioether (sulfide) groups is 1. The number of amides is 1. The molecule has 0 aliphatic rings. The molecule has 1 amide bonds. The fourth-order valence-corrected chi connectivity index (χ4v) is 3.44. The van der Waals surface area contributed by atoms with Gasteiger partial charge in [0, 0.05) is 23.9 Å². The Morgan fingerprint density at radius 3 is 2.30 bits per heavy atom. The number of likely N-dealkylation sites (N-methyl/N-ethyl adjacent to an activating group) is 1. The molecule has 0 saturated carbocycles. The topological polar surface area (TPSA) is 55.2 Å². The highest BCUT2D eigenvalue weighted by Gasteiger charge is 2.18. The standard InChI is InChI=1S/C21H21N3O2S/c1-3-23(17-12-8-5-9-13-17)20(26)15-24-19(25)14-18(22-21(24)27-2)16-10-6-4-7-11-16/h4-14H,3,15H2,1-2H3. The van der Waals surface area contributed by atoms with Gasteiger partial charge in [-0.05, 0) is 25.3 Å². The summed E-state index contributed by atoms with van der Waals surface area (Å²) in [5.41, 5.74) is 2.08. The van der Waals surface area contributed by atoms with Gasteiger partial charge in [0.25, 0.3) is 5.56 Å². The number of nitrogens with zero attached hydrogens (tertiary/aromatic N) is 3. The molecule has 1 aromatic heterocycles. The number of rotatable bonds is 6. The lowest BCUT2D eigenvalue weighted by atomic mass is 10.1. The lowest BCUT2D eigenvalue weighted by Crippen LogP contribution is -2.37. The number of hydrogen-bond donors (Lipinski definition) is 0. The molecule has 2 aromatic carbocycles. The van der Waals surface area contributed by atoms with Crippen LogP contribution in [0.5, 0.6) is 0 Å². The third-order valence-corrected chi connectivity index (χ3v) is 4.88. The summed E-state index contributed by atoms with van der Waals surface area (Å²) in [7, 11) is 0. The highest BCUT2D eigenvalue weighted by atomic mass is 32.2. The number of aromatic nitrogens is 2. The van der Waals surface area contributed by atoms with E-state index in [-0.39, 0.29) is 18.0 Å². The zero-order chi connectivity index (χ0) is 19.2. The van der Waals surface area contributed by atoms with Gasteiger partial charge >= 0.3 is 0 Å². The normalized spacial score (nSPS) is 10.6. The Morgan fingerprint density at radius 1 is 1.07 bits per heavy atom. The van der Waals surface area contributed by atoms with Gasteiger partial charge in [-0.3, -0.25) is 14.2 Å². The Labute approximate surface area is 162 Å². The first kappa shape index (κ1) is 18.9. The van der Waals surface area contributed by atoms with E-state index in [1.54, 1.807) is 4.90 Å². The molecule has 0 atom stereocenters. The highest BCUT2D eigenvalue weighted by Crippen LogP contribution is 2.19. The minimum atomic E-state index is -0.231. The van der Waals surface area contributed by atoms with Crippen molar-refractivity contribution >= 4 is 23.4 Å². The zero-order valence-electron chi connectivity index (χ0n) is 15.3. The van der Waals surface area contributed by atoms with Crippen molar-refractivity contribution in [3.05, 3.63) is 77.1 Å². The molecule has 3 aromatic rings. The van der Waals surface area contributed by atoms with Crippen LogP contribution >= 0.6 is 11.8 Å². The van der Waals surface area contributed by atoms with Crippen LogP contribution in [0.15, 0.2) is 76.7 Å². The fraction of sp³-hybridized carbons (Fsp3) is 0.190. The molecule has 0 fully saturated rings. The summed E-state index contributed by atoms with van der Waals surface area (Å²) >= 11 is 1.36. The Balaban J connectivity index is 1.92. The quantitative estimate of drug-likeness (QED) is 0.484. The van der Waals surface area contributed by atoms with Crippen molar-refractivity contribution in [3.63, 3.8) is 0 Å². The number of para-hydroxylation sites is 1. The van der Waals surface area contributed by atoms with Crippen molar-refractivity contribution in [1.29, 1.82) is 0 Å². The Bertz CT molecular complexity index is 972. The minimum absolute atomic E-state index is 0.0419. The molecule has 0 saturated heterocycles. The summed E-state index contributed by atoms with van der Waals surface area (Å²) in [4.78, 5) is 31.8. The molecule has 6 heteroatoms. The van der Waals surface area contributed by atoms with Crippen molar-refractivity contribution in [3.8, 4) is 11.3 Å². The molecule has 0 bridgehead atoms. The number of carbonyl (C=O) groups excluding carboxylic acids is 1. The van der Waals surface area contributed by atoms with E-state index in [2.05, 4.69) is 4.98 Å². The van der Waals surface area contributed by atoms with Crippen LogP contribution in [0.1, 0.15) is 6.92 Å². The van der Waals surface area contributed by atoms with E-state index in [4.69, 9.17) is 0 Å². The van der Waals surface area contributed by atoms with Crippen molar-refractivity contribution in [2.75, 3.05) is 17.7 Å². The summed E-state index contributed by atoms with van der Waals surface area (Å²) in [6, 6.07) is 20.5. The van der Waals surface area contributed by atoms with Crippen molar-refractivity contribution in [2.24, 2.45) is 0 Å². The van der Waals surface area contributed by atoms with E-state index in [0.717, 1.165) is 11.3 Å². The molecule has 27 heavy (non-hydrogen) atoms. The number of carbonyl (C=O) groups is 1. The van der Waals surface area contributed by atoms with Gasteiger partial charge in [-0.2, -0.15) is 0 Å². The first-order valence-corrected chi connectivity index (χ1v) is 9.93. The van der Waals surface area contributed by atoms with Crippen molar-refractivity contribution in [2.45, 2.75) is 18.6 Å². The maximum absolute atomic E-state index is 12.8. The van der Waals surface area contributed by atoms with Crippen molar-refractivity contribution < 1.29 is 4.79 Å². The molecule has 1 heterocycles. The molecule has 0 aliphatic heterocycles. The summed E-state index contributed by atoms with van der Waals surface area (Å²) in [5, 5.41) is 0.527. The molecule has 0 aliphatic carbocycles. The van der Waals surface area contributed by atoms with Gasteiger partial charge in [-0.25, -0.2) is 4.98 Å². The van der Waals surface area contributed by atoms with Gasteiger partial charge in [0.2, 0.25) is 5.91 Å². The molecule has 5 nitrogen and oxygen atoms in total. The number of hydrogen-bond acceptors (Lipinski definition) is 4. The average molecular weight is 379 g/mol. The van der Waals surface area contributed by atoms with E-state index in [1.165, 1.54) is 22.4 Å². The molecule has 0 spiro atoms. The molecule has 138 valence electrons. The summed E-state index contributed by atoms with van der Waals surface area (Å²) in [6.07, 6.45) is 1.85. The predicted molar refractivity (Wildman–Crippen MR) is 110 cm³/mol. The van der Waals surface area contributed by atoms with Gasteiger partial charge in [0.1, 0.15) is 6.54 Å². The van der Waals surface area contributed by atoms with Gasteiger partial charge in [-0.1, -0.05) is 60.3 Å². The van der Waals surface area contributed by atoms with Crippen LogP contribution in [0.3, 0.4) is 0 Å². The number of benzene rings is 2. The van der Waals surface area contributed by atoms with Crippen LogP contribution in [0.2, 0.25) is 0 Å². The first-order chi connectivity index (χ1) is 13.1. The first-order valence-electron chi connectivity index (χ1n) is 8.70. The number of anilines is 1. The molecule has 3 rings (SSSR count). The third kappa shape index (κ3) is 4.28. The second-order valence-corrected chi connectivity index (χ2v) is 6.67. The van der Waals surface area contributed by atoms with Crippen LogP contribution in [0.4, 0.5) is 5.69 Å². The van der Waals surface area contributed by atoms with Crippen LogP contribution < -0.4 is 10.5 Å². The van der Waals surface area contributed by atoms with Crippen LogP contribution in [0.25, 0.3) is 11.3 Å². The lowest BCUT2D eigenvalue weighted by molar-refractivity contribution is -0.119. The Hall–Kier alpha value is -2.86. The van der Waals surface area contributed by atoms with Crippen LogP contribution in [-0.4, -0.2) is 28.3 Å². The molecule has 0 radical (unpaired) electrons. The second kappa shape index (κ2) is 8.68.